The van der Waals surface area contributed by atoms with Gasteiger partial charge in [0, 0.05) is 12.4 Å². The van der Waals surface area contributed by atoms with Crippen molar-refractivity contribution in [1.29, 1.82) is 0 Å². The van der Waals surface area contributed by atoms with Gasteiger partial charge in [-0.05, 0) is 12.1 Å². The summed E-state index contributed by atoms with van der Waals surface area (Å²) in [5.74, 6) is 0. The van der Waals surface area contributed by atoms with Crippen LogP contribution in [0.5, 0.6) is 0 Å². The van der Waals surface area contributed by atoms with Crippen molar-refractivity contribution < 1.29 is 4.39 Å². The van der Waals surface area contributed by atoms with Crippen LogP contribution in [-0.4, -0.2) is 16.2 Å². The summed E-state index contributed by atoms with van der Waals surface area (Å²) in [5, 5.41) is 0.607. The number of aromatic amines is 1. The van der Waals surface area contributed by atoms with Gasteiger partial charge >= 0.3 is 0 Å². The number of H-pyrrole nitrogens is 1. The highest BCUT2D eigenvalue weighted by Gasteiger charge is 2.02. The van der Waals surface area contributed by atoms with Crippen molar-refractivity contribution in [3.05, 3.63) is 34.9 Å². The zero-order chi connectivity index (χ0) is 9.26. The van der Waals surface area contributed by atoms with E-state index in [4.69, 9.17) is 0 Å². The van der Waals surface area contributed by atoms with Crippen LogP contribution >= 0.6 is 0 Å². The Morgan fingerprint density at radius 2 is 2.31 bits per heavy atom. The molecule has 68 valence electrons. The average molecular weight is 180 g/mol. The van der Waals surface area contributed by atoms with Crippen LogP contribution in [0.1, 0.15) is 0 Å². The van der Waals surface area contributed by atoms with Crippen LogP contribution in [0.15, 0.2) is 29.3 Å². The van der Waals surface area contributed by atoms with Crippen LogP contribution < -0.4 is 5.56 Å². The number of alkyl halides is 1. The molecule has 0 saturated carbocycles. The van der Waals surface area contributed by atoms with E-state index in [-0.39, 0.29) is 5.56 Å². The quantitative estimate of drug-likeness (QED) is 0.743. The highest BCUT2D eigenvalue weighted by atomic mass is 19.1. The highest BCUT2D eigenvalue weighted by Crippen LogP contribution is 2.09. The van der Waals surface area contributed by atoms with Crippen LogP contribution in [0.2, 0.25) is 0 Å². The molecule has 0 aliphatic carbocycles. The molecule has 0 aromatic carbocycles. The van der Waals surface area contributed by atoms with E-state index in [9.17, 15) is 9.18 Å². The maximum absolute atomic E-state index is 12.1. The topological polar surface area (TPSA) is 37.8 Å². The van der Waals surface area contributed by atoms with Gasteiger partial charge in [-0.15, -0.1) is 0 Å². The smallest absolute Gasteiger partial charge is 0.257 e. The Kier molecular flexibility index (Phi) is 1.88. The van der Waals surface area contributed by atoms with Crippen molar-refractivity contribution >= 4 is 10.9 Å². The van der Waals surface area contributed by atoms with Gasteiger partial charge in [-0.1, -0.05) is 0 Å². The minimum Gasteiger partial charge on any atom is -0.345 e. The van der Waals surface area contributed by atoms with Crippen molar-refractivity contribution in [2.24, 2.45) is 0 Å². The number of fused-ring (bicyclic) bond motifs is 1. The summed E-state index contributed by atoms with van der Waals surface area (Å²) in [6, 6.07) is 3.47. The fourth-order valence-electron chi connectivity index (χ4n) is 1.42. The fraction of sp³-hybridized carbons (Fsp3) is 0.222. The first kappa shape index (κ1) is 8.04. The molecule has 4 heteroatoms. The van der Waals surface area contributed by atoms with Crippen molar-refractivity contribution in [2.45, 2.75) is 6.54 Å². The van der Waals surface area contributed by atoms with Crippen LogP contribution in [0, 0.1) is 0 Å². The molecule has 0 amide bonds. The lowest BCUT2D eigenvalue weighted by molar-refractivity contribution is 0.451. The number of nitrogens with zero attached hydrogens (tertiary/aromatic N) is 1. The molecule has 0 bridgehead atoms. The molecule has 1 N–H and O–H groups in total. The van der Waals surface area contributed by atoms with E-state index in [1.165, 1.54) is 0 Å². The van der Waals surface area contributed by atoms with Gasteiger partial charge in [0.05, 0.1) is 17.4 Å². The summed E-state index contributed by atoms with van der Waals surface area (Å²) >= 11 is 0. The van der Waals surface area contributed by atoms with Gasteiger partial charge in [-0.25, -0.2) is 4.39 Å². The zero-order valence-electron chi connectivity index (χ0n) is 6.96. The molecule has 2 heterocycles. The van der Waals surface area contributed by atoms with Crippen molar-refractivity contribution in [1.82, 2.24) is 9.55 Å². The molecular weight excluding hydrogens is 171 g/mol. The first-order chi connectivity index (χ1) is 6.33. The largest absolute Gasteiger partial charge is 0.345 e. The SMILES string of the molecule is O=c1[nH]ccc2c1ccn2CCF. The van der Waals surface area contributed by atoms with Crippen LogP contribution in [0.3, 0.4) is 0 Å². The second-order valence-electron chi connectivity index (χ2n) is 2.80. The fourth-order valence-corrected chi connectivity index (χ4v) is 1.42. The van der Waals surface area contributed by atoms with Crippen molar-refractivity contribution in [3.63, 3.8) is 0 Å². The van der Waals surface area contributed by atoms with Gasteiger partial charge in [-0.3, -0.25) is 4.79 Å². The Morgan fingerprint density at radius 3 is 3.08 bits per heavy atom. The number of aromatic nitrogens is 2. The van der Waals surface area contributed by atoms with E-state index in [2.05, 4.69) is 4.98 Å². The highest BCUT2D eigenvalue weighted by molar-refractivity contribution is 5.78. The average Bonchev–Trinajstić information content (AvgIpc) is 2.51. The molecular formula is C9H9FN2O. The third kappa shape index (κ3) is 1.24. The van der Waals surface area contributed by atoms with Crippen LogP contribution in [0.4, 0.5) is 4.39 Å². The maximum Gasteiger partial charge on any atom is 0.257 e. The molecule has 0 aliphatic heterocycles. The molecule has 2 aromatic rings. The van der Waals surface area contributed by atoms with E-state index in [0.29, 0.717) is 11.9 Å². The number of nitrogens with one attached hydrogen (secondary N) is 1. The summed E-state index contributed by atoms with van der Waals surface area (Å²) in [7, 11) is 0. The Bertz CT molecular complexity index is 472. The molecule has 2 rings (SSSR count). The molecule has 0 aliphatic rings. The monoisotopic (exact) mass is 180 g/mol. The van der Waals surface area contributed by atoms with E-state index in [1.807, 2.05) is 0 Å². The predicted molar refractivity (Wildman–Crippen MR) is 48.5 cm³/mol. The summed E-state index contributed by atoms with van der Waals surface area (Å²) in [4.78, 5) is 13.8. The Morgan fingerprint density at radius 1 is 1.46 bits per heavy atom. The second kappa shape index (κ2) is 3.05. The lowest BCUT2D eigenvalue weighted by Gasteiger charge is -1.99. The Labute approximate surface area is 73.8 Å². The van der Waals surface area contributed by atoms with Gasteiger partial charge in [-0.2, -0.15) is 0 Å². The van der Waals surface area contributed by atoms with E-state index in [0.717, 1.165) is 5.52 Å². The number of rotatable bonds is 2. The van der Waals surface area contributed by atoms with E-state index >= 15 is 0 Å². The van der Waals surface area contributed by atoms with Crippen LogP contribution in [-0.2, 0) is 6.54 Å². The molecule has 2 aromatic heterocycles. The molecule has 0 fully saturated rings. The molecule has 0 unspecified atom stereocenters. The first-order valence-electron chi connectivity index (χ1n) is 4.05. The minimum absolute atomic E-state index is 0.130. The molecule has 0 spiro atoms. The summed E-state index contributed by atoms with van der Waals surface area (Å²) in [6.07, 6.45) is 3.29. The number of halogens is 1. The Balaban J connectivity index is 2.68. The molecule has 13 heavy (non-hydrogen) atoms. The maximum atomic E-state index is 12.1. The van der Waals surface area contributed by atoms with E-state index in [1.54, 1.807) is 29.1 Å². The number of hydrogen-bond acceptors (Lipinski definition) is 1. The number of hydrogen-bond donors (Lipinski definition) is 1. The second-order valence-corrected chi connectivity index (χ2v) is 2.80. The van der Waals surface area contributed by atoms with Gasteiger partial charge in [0.15, 0.2) is 0 Å². The lowest BCUT2D eigenvalue weighted by atomic mass is 10.3. The number of aryl methyl sites for hydroxylation is 1. The van der Waals surface area contributed by atoms with E-state index < -0.39 is 6.67 Å². The summed E-state index contributed by atoms with van der Waals surface area (Å²) in [6.45, 7) is -0.121. The third-order valence-electron chi connectivity index (χ3n) is 2.03. The first-order valence-corrected chi connectivity index (χ1v) is 4.05. The van der Waals surface area contributed by atoms with Gasteiger partial charge < -0.3 is 9.55 Å². The predicted octanol–water partition coefficient (Wildman–Crippen LogP) is 1.30. The lowest BCUT2D eigenvalue weighted by Crippen LogP contribution is -2.05. The third-order valence-corrected chi connectivity index (χ3v) is 2.03. The van der Waals surface area contributed by atoms with Crippen molar-refractivity contribution in [3.8, 4) is 0 Å². The number of pyridine rings is 1. The van der Waals surface area contributed by atoms with Gasteiger partial charge in [0.2, 0.25) is 0 Å². The van der Waals surface area contributed by atoms with Gasteiger partial charge in [0.25, 0.3) is 5.56 Å². The van der Waals surface area contributed by atoms with Crippen molar-refractivity contribution in [2.75, 3.05) is 6.67 Å². The zero-order valence-corrected chi connectivity index (χ0v) is 6.96. The van der Waals surface area contributed by atoms with Crippen LogP contribution in [0.25, 0.3) is 10.9 Å². The van der Waals surface area contributed by atoms with Gasteiger partial charge in [0.1, 0.15) is 6.67 Å². The summed E-state index contributed by atoms with van der Waals surface area (Å²) in [5.41, 5.74) is 0.650. The standard InChI is InChI=1S/C9H9FN2O/c10-3-6-12-5-2-7-8(12)1-4-11-9(7)13/h1-2,4-5H,3,6H2,(H,11,13). The molecule has 0 saturated heterocycles. The normalized spacial score (nSPS) is 10.8. The minimum atomic E-state index is -0.420. The molecule has 3 nitrogen and oxygen atoms in total. The summed E-state index contributed by atoms with van der Waals surface area (Å²) < 4.78 is 13.8. The molecule has 0 radical (unpaired) electrons. The Hall–Kier alpha value is -1.58. The molecule has 0 atom stereocenters.